The zero-order valence-corrected chi connectivity index (χ0v) is 15.7. The summed E-state index contributed by atoms with van der Waals surface area (Å²) in [7, 11) is 1.81. The summed E-state index contributed by atoms with van der Waals surface area (Å²) in [5, 5.41) is 7.95. The van der Waals surface area contributed by atoms with Gasteiger partial charge >= 0.3 is 0 Å². The van der Waals surface area contributed by atoms with Gasteiger partial charge in [0.15, 0.2) is 5.96 Å². The molecule has 2 aromatic rings. The molecule has 130 valence electrons. The first-order valence-corrected chi connectivity index (χ1v) is 9.48. The first kappa shape index (κ1) is 18.5. The van der Waals surface area contributed by atoms with Crippen LogP contribution in [-0.4, -0.2) is 31.1 Å². The zero-order chi connectivity index (χ0) is 17.2. The van der Waals surface area contributed by atoms with E-state index in [9.17, 15) is 0 Å². The molecule has 0 spiro atoms. The number of thiazole rings is 1. The highest BCUT2D eigenvalue weighted by Gasteiger charge is 2.06. The van der Waals surface area contributed by atoms with Crippen molar-refractivity contribution in [2.45, 2.75) is 39.5 Å². The SMILES string of the molecule is CCc1nc(CCNC(=NC)NCCCc2ccccc2)sc1C. The molecule has 4 nitrogen and oxygen atoms in total. The smallest absolute Gasteiger partial charge is 0.190 e. The minimum atomic E-state index is 0.856. The van der Waals surface area contributed by atoms with Gasteiger partial charge in [-0.05, 0) is 31.7 Å². The van der Waals surface area contributed by atoms with Crippen molar-refractivity contribution in [3.63, 3.8) is 0 Å². The molecule has 0 aliphatic heterocycles. The molecule has 1 aromatic heterocycles. The van der Waals surface area contributed by atoms with Gasteiger partial charge in [0.1, 0.15) is 0 Å². The highest BCUT2D eigenvalue weighted by Crippen LogP contribution is 2.17. The van der Waals surface area contributed by atoms with Crippen LogP contribution in [0.5, 0.6) is 0 Å². The molecule has 0 radical (unpaired) electrons. The Hall–Kier alpha value is -1.88. The molecule has 1 heterocycles. The predicted molar refractivity (Wildman–Crippen MR) is 104 cm³/mol. The van der Waals surface area contributed by atoms with Crippen molar-refractivity contribution in [1.82, 2.24) is 15.6 Å². The van der Waals surface area contributed by atoms with E-state index in [4.69, 9.17) is 0 Å². The number of aliphatic imine (C=N–C) groups is 1. The van der Waals surface area contributed by atoms with Crippen LogP contribution in [0, 0.1) is 6.92 Å². The van der Waals surface area contributed by atoms with Gasteiger partial charge in [0.05, 0.1) is 10.7 Å². The minimum Gasteiger partial charge on any atom is -0.356 e. The van der Waals surface area contributed by atoms with Crippen LogP contribution in [0.2, 0.25) is 0 Å². The van der Waals surface area contributed by atoms with Gasteiger partial charge in [0, 0.05) is 31.4 Å². The van der Waals surface area contributed by atoms with E-state index < -0.39 is 0 Å². The predicted octanol–water partition coefficient (Wildman–Crippen LogP) is 3.35. The van der Waals surface area contributed by atoms with Crippen molar-refractivity contribution in [1.29, 1.82) is 0 Å². The second-order valence-corrected chi connectivity index (χ2v) is 7.02. The summed E-state index contributed by atoms with van der Waals surface area (Å²) >= 11 is 1.81. The molecule has 0 fully saturated rings. The Labute approximate surface area is 149 Å². The molecule has 5 heteroatoms. The number of hydrogen-bond acceptors (Lipinski definition) is 3. The van der Waals surface area contributed by atoms with E-state index in [0.29, 0.717) is 0 Å². The van der Waals surface area contributed by atoms with Gasteiger partial charge in [-0.25, -0.2) is 4.98 Å². The Bertz CT molecular complexity index is 634. The molecule has 0 aliphatic carbocycles. The first-order chi connectivity index (χ1) is 11.7. The summed E-state index contributed by atoms with van der Waals surface area (Å²) in [5.41, 5.74) is 2.62. The maximum Gasteiger partial charge on any atom is 0.190 e. The molecule has 0 bridgehead atoms. The van der Waals surface area contributed by atoms with Crippen molar-refractivity contribution in [2.75, 3.05) is 20.1 Å². The summed E-state index contributed by atoms with van der Waals surface area (Å²) in [5.74, 6) is 0.868. The normalized spacial score (nSPS) is 11.5. The topological polar surface area (TPSA) is 49.3 Å². The Balaban J connectivity index is 1.65. The van der Waals surface area contributed by atoms with Crippen LogP contribution in [0.1, 0.15) is 34.5 Å². The Morgan fingerprint density at radius 2 is 1.88 bits per heavy atom. The first-order valence-electron chi connectivity index (χ1n) is 8.66. The molecule has 0 atom stereocenters. The molecule has 24 heavy (non-hydrogen) atoms. The molecule has 0 unspecified atom stereocenters. The molecule has 2 N–H and O–H groups in total. The Kier molecular flexibility index (Phi) is 7.75. The summed E-state index contributed by atoms with van der Waals surface area (Å²) in [4.78, 5) is 10.3. The average molecular weight is 345 g/mol. The Morgan fingerprint density at radius 3 is 2.54 bits per heavy atom. The third-order valence-electron chi connectivity index (χ3n) is 3.90. The molecule has 0 saturated heterocycles. The number of nitrogens with one attached hydrogen (secondary N) is 2. The quantitative estimate of drug-likeness (QED) is 0.439. The fraction of sp³-hybridized carbons (Fsp3) is 0.474. The van der Waals surface area contributed by atoms with Crippen LogP contribution < -0.4 is 10.6 Å². The monoisotopic (exact) mass is 344 g/mol. The molecule has 0 amide bonds. The van der Waals surface area contributed by atoms with Gasteiger partial charge < -0.3 is 10.6 Å². The van der Waals surface area contributed by atoms with Gasteiger partial charge in [-0.15, -0.1) is 11.3 Å². The number of nitrogens with zero attached hydrogens (tertiary/aromatic N) is 2. The largest absolute Gasteiger partial charge is 0.356 e. The third kappa shape index (κ3) is 5.96. The van der Waals surface area contributed by atoms with Gasteiger partial charge in [-0.3, -0.25) is 4.99 Å². The highest BCUT2D eigenvalue weighted by atomic mass is 32.1. The van der Waals surface area contributed by atoms with Crippen LogP contribution in [0.25, 0.3) is 0 Å². The second-order valence-electron chi connectivity index (χ2n) is 5.73. The number of aryl methyl sites for hydroxylation is 3. The fourth-order valence-corrected chi connectivity index (χ4v) is 3.60. The summed E-state index contributed by atoms with van der Waals surface area (Å²) in [6.07, 6.45) is 4.13. The van der Waals surface area contributed by atoms with Crippen LogP contribution in [-0.2, 0) is 19.3 Å². The lowest BCUT2D eigenvalue weighted by Gasteiger charge is -2.11. The van der Waals surface area contributed by atoms with Crippen LogP contribution in [0.3, 0.4) is 0 Å². The summed E-state index contributed by atoms with van der Waals surface area (Å²) in [6.45, 7) is 6.09. The lowest BCUT2D eigenvalue weighted by Crippen LogP contribution is -2.38. The van der Waals surface area contributed by atoms with Gasteiger partial charge in [0.25, 0.3) is 0 Å². The van der Waals surface area contributed by atoms with Crippen LogP contribution in [0.4, 0.5) is 0 Å². The number of guanidine groups is 1. The molecular weight excluding hydrogens is 316 g/mol. The molecular formula is C19H28N4S. The number of benzene rings is 1. The molecule has 0 saturated carbocycles. The van der Waals surface area contributed by atoms with Crippen LogP contribution >= 0.6 is 11.3 Å². The fourth-order valence-electron chi connectivity index (χ4n) is 2.58. The minimum absolute atomic E-state index is 0.856. The average Bonchev–Trinajstić information content (AvgIpc) is 2.97. The molecule has 1 aromatic carbocycles. The summed E-state index contributed by atoms with van der Waals surface area (Å²) < 4.78 is 0. The van der Waals surface area contributed by atoms with Crippen molar-refractivity contribution < 1.29 is 0 Å². The lowest BCUT2D eigenvalue weighted by atomic mass is 10.1. The number of rotatable bonds is 8. The summed E-state index contributed by atoms with van der Waals surface area (Å²) in [6, 6.07) is 10.6. The number of hydrogen-bond donors (Lipinski definition) is 2. The third-order valence-corrected chi connectivity index (χ3v) is 4.98. The zero-order valence-electron chi connectivity index (χ0n) is 14.9. The van der Waals surface area contributed by atoms with Crippen molar-refractivity contribution in [2.24, 2.45) is 4.99 Å². The Morgan fingerprint density at radius 1 is 1.12 bits per heavy atom. The molecule has 0 aliphatic rings. The van der Waals surface area contributed by atoms with Crippen LogP contribution in [0.15, 0.2) is 35.3 Å². The van der Waals surface area contributed by atoms with Crippen molar-refractivity contribution in [3.8, 4) is 0 Å². The maximum absolute atomic E-state index is 4.68. The van der Waals surface area contributed by atoms with E-state index in [1.165, 1.54) is 21.1 Å². The van der Waals surface area contributed by atoms with Gasteiger partial charge in [0.2, 0.25) is 0 Å². The molecule has 2 rings (SSSR count). The van der Waals surface area contributed by atoms with Crippen molar-refractivity contribution in [3.05, 3.63) is 51.5 Å². The van der Waals surface area contributed by atoms with E-state index in [-0.39, 0.29) is 0 Å². The standard InChI is InChI=1S/C19H28N4S/c1-4-17-15(2)24-18(23-17)12-14-22-19(20-3)21-13-8-11-16-9-6-5-7-10-16/h5-7,9-10H,4,8,11-14H2,1-3H3,(H2,20,21,22). The lowest BCUT2D eigenvalue weighted by molar-refractivity contribution is 0.738. The van der Waals surface area contributed by atoms with E-state index >= 15 is 0 Å². The van der Waals surface area contributed by atoms with E-state index in [0.717, 1.165) is 44.7 Å². The van der Waals surface area contributed by atoms with E-state index in [2.05, 4.69) is 64.8 Å². The van der Waals surface area contributed by atoms with E-state index in [1.807, 2.05) is 7.05 Å². The van der Waals surface area contributed by atoms with E-state index in [1.54, 1.807) is 11.3 Å². The second kappa shape index (κ2) is 10.1. The van der Waals surface area contributed by atoms with Gasteiger partial charge in [-0.2, -0.15) is 0 Å². The van der Waals surface area contributed by atoms with Gasteiger partial charge in [-0.1, -0.05) is 37.3 Å². The number of aromatic nitrogens is 1. The maximum atomic E-state index is 4.68. The van der Waals surface area contributed by atoms with Crippen molar-refractivity contribution >= 4 is 17.3 Å². The highest BCUT2D eigenvalue weighted by molar-refractivity contribution is 7.11.